The Morgan fingerprint density at radius 3 is 2.79 bits per heavy atom. The highest BCUT2D eigenvalue weighted by atomic mass is 35.5. The van der Waals surface area contributed by atoms with Crippen molar-refractivity contribution < 1.29 is 9.84 Å². The molecule has 0 unspecified atom stereocenters. The Morgan fingerprint density at radius 2 is 2.07 bits per heavy atom. The Kier molecular flexibility index (Phi) is 5.42. The third kappa shape index (κ3) is 3.56. The van der Waals surface area contributed by atoms with Crippen LogP contribution < -0.4 is 4.74 Å². The number of rotatable bonds is 6. The smallest absolute Gasteiger partial charge is 0.122 e. The highest BCUT2D eigenvalue weighted by Crippen LogP contribution is 2.19. The van der Waals surface area contributed by atoms with Crippen LogP contribution in [0.3, 0.4) is 0 Å². The quantitative estimate of drug-likeness (QED) is 0.736. The number of para-hydroxylation sites is 1. The van der Waals surface area contributed by atoms with E-state index in [1.165, 1.54) is 0 Å². The first-order valence-corrected chi connectivity index (χ1v) is 5.29. The number of ether oxygens (including phenoxy) is 1. The lowest BCUT2D eigenvalue weighted by atomic mass is 10.1. The summed E-state index contributed by atoms with van der Waals surface area (Å²) in [7, 11) is 0. The molecule has 0 saturated carbocycles. The van der Waals surface area contributed by atoms with Crippen LogP contribution in [0.5, 0.6) is 5.75 Å². The topological polar surface area (TPSA) is 29.5 Å². The molecule has 1 aromatic rings. The lowest BCUT2D eigenvalue weighted by molar-refractivity contribution is 0.286. The molecule has 1 rings (SSSR count). The molecule has 1 aromatic carbocycles. The van der Waals surface area contributed by atoms with Crippen molar-refractivity contribution in [2.24, 2.45) is 0 Å². The maximum absolute atomic E-state index is 8.73. The molecule has 0 aliphatic rings. The molecule has 2 nitrogen and oxygen atoms in total. The monoisotopic (exact) mass is 214 g/mol. The zero-order valence-corrected chi connectivity index (χ0v) is 8.83. The van der Waals surface area contributed by atoms with E-state index in [0.29, 0.717) is 12.5 Å². The largest absolute Gasteiger partial charge is 0.492 e. The number of halogens is 1. The van der Waals surface area contributed by atoms with Crippen molar-refractivity contribution in [1.29, 1.82) is 0 Å². The Labute approximate surface area is 89.5 Å². The second kappa shape index (κ2) is 6.68. The Morgan fingerprint density at radius 1 is 1.29 bits per heavy atom. The van der Waals surface area contributed by atoms with Gasteiger partial charge in [-0.2, -0.15) is 0 Å². The molecular weight excluding hydrogens is 200 g/mol. The van der Waals surface area contributed by atoms with Crippen molar-refractivity contribution in [1.82, 2.24) is 0 Å². The van der Waals surface area contributed by atoms with Gasteiger partial charge in [0, 0.05) is 6.61 Å². The van der Waals surface area contributed by atoms with Crippen molar-refractivity contribution in [2.45, 2.75) is 12.8 Å². The minimum atomic E-state index is 0.212. The number of aryl methyl sites for hydroxylation is 1. The minimum absolute atomic E-state index is 0.212. The maximum atomic E-state index is 8.73. The molecule has 1 N–H and O–H groups in total. The zero-order chi connectivity index (χ0) is 10.2. The molecule has 0 atom stereocenters. The Balaban J connectivity index is 2.60. The SMILES string of the molecule is OCCCc1ccccc1OCCCl. The van der Waals surface area contributed by atoms with Crippen LogP contribution in [0.1, 0.15) is 12.0 Å². The van der Waals surface area contributed by atoms with Crippen molar-refractivity contribution in [3.8, 4) is 5.75 Å². The predicted molar refractivity (Wildman–Crippen MR) is 58.1 cm³/mol. The number of benzene rings is 1. The number of hydrogen-bond acceptors (Lipinski definition) is 2. The molecule has 78 valence electrons. The molecule has 0 amide bonds. The summed E-state index contributed by atoms with van der Waals surface area (Å²) >= 11 is 5.54. The Bertz CT molecular complexity index is 236. The molecule has 0 spiro atoms. The van der Waals surface area contributed by atoms with Crippen LogP contribution >= 0.6 is 11.6 Å². The Hall–Kier alpha value is -0.730. The van der Waals surface area contributed by atoms with E-state index in [1.807, 2.05) is 24.3 Å². The first-order chi connectivity index (χ1) is 6.88. The van der Waals surface area contributed by atoms with Gasteiger partial charge >= 0.3 is 0 Å². The van der Waals surface area contributed by atoms with Gasteiger partial charge in [-0.25, -0.2) is 0 Å². The lowest BCUT2D eigenvalue weighted by Crippen LogP contribution is -2.01. The van der Waals surface area contributed by atoms with Gasteiger partial charge in [-0.05, 0) is 24.5 Å². The molecular formula is C11H15ClO2. The van der Waals surface area contributed by atoms with Crippen LogP contribution in [0.15, 0.2) is 24.3 Å². The van der Waals surface area contributed by atoms with E-state index in [1.54, 1.807) is 0 Å². The fourth-order valence-corrected chi connectivity index (χ4v) is 1.35. The third-order valence-electron chi connectivity index (χ3n) is 1.91. The molecule has 3 heteroatoms. The minimum Gasteiger partial charge on any atom is -0.492 e. The van der Waals surface area contributed by atoms with E-state index in [-0.39, 0.29) is 6.61 Å². The van der Waals surface area contributed by atoms with Gasteiger partial charge in [0.05, 0.1) is 5.88 Å². The predicted octanol–water partition coefficient (Wildman–Crippen LogP) is 2.23. The van der Waals surface area contributed by atoms with Crippen LogP contribution in [0.2, 0.25) is 0 Å². The summed E-state index contributed by atoms with van der Waals surface area (Å²) in [4.78, 5) is 0. The van der Waals surface area contributed by atoms with E-state index in [2.05, 4.69) is 0 Å². The van der Waals surface area contributed by atoms with Crippen molar-refractivity contribution in [3.63, 3.8) is 0 Å². The van der Waals surface area contributed by atoms with E-state index in [9.17, 15) is 0 Å². The average molecular weight is 215 g/mol. The maximum Gasteiger partial charge on any atom is 0.122 e. The highest BCUT2D eigenvalue weighted by molar-refractivity contribution is 6.18. The summed E-state index contributed by atoms with van der Waals surface area (Å²) in [6.07, 6.45) is 1.61. The molecule has 0 aliphatic carbocycles. The molecule has 0 aliphatic heterocycles. The molecule has 14 heavy (non-hydrogen) atoms. The number of aliphatic hydroxyl groups excluding tert-OH is 1. The summed E-state index contributed by atoms with van der Waals surface area (Å²) in [5.41, 5.74) is 1.13. The summed E-state index contributed by atoms with van der Waals surface area (Å²) in [5, 5.41) is 8.73. The fourth-order valence-electron chi connectivity index (χ4n) is 1.27. The van der Waals surface area contributed by atoms with Gasteiger partial charge in [-0.15, -0.1) is 11.6 Å². The molecule has 0 fully saturated rings. The van der Waals surface area contributed by atoms with Gasteiger partial charge in [-0.1, -0.05) is 18.2 Å². The fraction of sp³-hybridized carbons (Fsp3) is 0.455. The highest BCUT2D eigenvalue weighted by Gasteiger charge is 2.01. The van der Waals surface area contributed by atoms with Gasteiger partial charge in [0.2, 0.25) is 0 Å². The van der Waals surface area contributed by atoms with Gasteiger partial charge in [-0.3, -0.25) is 0 Å². The van der Waals surface area contributed by atoms with Crippen molar-refractivity contribution >= 4 is 11.6 Å². The standard InChI is InChI=1S/C11H15ClO2/c12-7-9-14-11-6-2-1-4-10(11)5-3-8-13/h1-2,4,6,13H,3,5,7-9H2. The van der Waals surface area contributed by atoms with E-state index in [0.717, 1.165) is 24.2 Å². The zero-order valence-electron chi connectivity index (χ0n) is 8.08. The number of hydrogen-bond donors (Lipinski definition) is 1. The first kappa shape index (κ1) is 11.3. The number of aliphatic hydroxyl groups is 1. The van der Waals surface area contributed by atoms with E-state index in [4.69, 9.17) is 21.4 Å². The van der Waals surface area contributed by atoms with E-state index >= 15 is 0 Å². The second-order valence-corrected chi connectivity index (χ2v) is 3.35. The summed E-state index contributed by atoms with van der Waals surface area (Å²) in [6.45, 7) is 0.738. The molecule has 0 saturated heterocycles. The van der Waals surface area contributed by atoms with E-state index < -0.39 is 0 Å². The molecule has 0 radical (unpaired) electrons. The van der Waals surface area contributed by atoms with Crippen LogP contribution in [-0.2, 0) is 6.42 Å². The second-order valence-electron chi connectivity index (χ2n) is 2.97. The van der Waals surface area contributed by atoms with Crippen molar-refractivity contribution in [2.75, 3.05) is 19.1 Å². The molecule has 0 heterocycles. The summed E-state index contributed by atoms with van der Waals surface area (Å²) in [5.74, 6) is 1.37. The summed E-state index contributed by atoms with van der Waals surface area (Å²) < 4.78 is 5.47. The number of alkyl halides is 1. The lowest BCUT2D eigenvalue weighted by Gasteiger charge is -2.09. The van der Waals surface area contributed by atoms with Gasteiger partial charge in [0.15, 0.2) is 0 Å². The first-order valence-electron chi connectivity index (χ1n) is 4.76. The van der Waals surface area contributed by atoms with Crippen LogP contribution in [0.25, 0.3) is 0 Å². The van der Waals surface area contributed by atoms with Crippen molar-refractivity contribution in [3.05, 3.63) is 29.8 Å². The molecule has 0 aromatic heterocycles. The third-order valence-corrected chi connectivity index (χ3v) is 2.07. The average Bonchev–Trinajstić information content (AvgIpc) is 2.24. The van der Waals surface area contributed by atoms with Gasteiger partial charge < -0.3 is 9.84 Å². The van der Waals surface area contributed by atoms with Gasteiger partial charge in [0.25, 0.3) is 0 Å². The van der Waals surface area contributed by atoms with Gasteiger partial charge in [0.1, 0.15) is 12.4 Å². The van der Waals surface area contributed by atoms with Crippen LogP contribution in [0, 0.1) is 0 Å². The molecule has 0 bridgehead atoms. The normalized spacial score (nSPS) is 10.1. The van der Waals surface area contributed by atoms with Crippen LogP contribution in [0.4, 0.5) is 0 Å². The summed E-state index contributed by atoms with van der Waals surface area (Å²) in [6, 6.07) is 7.85. The van der Waals surface area contributed by atoms with Crippen LogP contribution in [-0.4, -0.2) is 24.2 Å².